The second-order valence-electron chi connectivity index (χ2n) is 7.57. The molecule has 0 aromatic heterocycles. The van der Waals surface area contributed by atoms with Gasteiger partial charge in [0.25, 0.3) is 0 Å². The second kappa shape index (κ2) is 9.87. The highest BCUT2D eigenvalue weighted by atomic mass is 16.6. The fourth-order valence-corrected chi connectivity index (χ4v) is 3.68. The molecule has 28 heavy (non-hydrogen) atoms. The Kier molecular flexibility index (Phi) is 7.80. The van der Waals surface area contributed by atoms with E-state index in [9.17, 15) is 19.5 Å². The average Bonchev–Trinajstić information content (AvgIpc) is 2.97. The highest BCUT2D eigenvalue weighted by Crippen LogP contribution is 2.38. The van der Waals surface area contributed by atoms with Gasteiger partial charge in [0.1, 0.15) is 12.2 Å². The van der Waals surface area contributed by atoms with E-state index in [4.69, 9.17) is 14.2 Å². The van der Waals surface area contributed by atoms with Gasteiger partial charge in [-0.2, -0.15) is 0 Å². The fraction of sp³-hybridized carbons (Fsp3) is 0.667. The number of rotatable bonds is 5. The molecule has 1 fully saturated rings. The number of ether oxygens (including phenoxy) is 3. The molecule has 1 aliphatic carbocycles. The zero-order valence-corrected chi connectivity index (χ0v) is 16.8. The van der Waals surface area contributed by atoms with Crippen LogP contribution >= 0.6 is 0 Å². The number of fused-ring (bicyclic) bond motifs is 1. The van der Waals surface area contributed by atoms with E-state index in [2.05, 4.69) is 6.58 Å². The Morgan fingerprint density at radius 1 is 1.43 bits per heavy atom. The summed E-state index contributed by atoms with van der Waals surface area (Å²) in [4.78, 5) is 36.9. The maximum absolute atomic E-state index is 12.5. The van der Waals surface area contributed by atoms with Gasteiger partial charge in [-0.3, -0.25) is 4.79 Å². The summed E-state index contributed by atoms with van der Waals surface area (Å²) in [5, 5.41) is 9.70. The van der Waals surface area contributed by atoms with Gasteiger partial charge in [0.15, 0.2) is 0 Å². The Morgan fingerprint density at radius 3 is 2.75 bits per heavy atom. The number of esters is 3. The molecule has 7 heteroatoms. The van der Waals surface area contributed by atoms with E-state index < -0.39 is 36.0 Å². The molecule has 0 bridgehead atoms. The van der Waals surface area contributed by atoms with Crippen LogP contribution in [0.2, 0.25) is 0 Å². The molecule has 156 valence electrons. The molecule has 0 saturated carbocycles. The maximum Gasteiger partial charge on any atom is 0.334 e. The number of hydrogen-bond donors (Lipinski definition) is 1. The number of hydrogen-bond acceptors (Lipinski definition) is 7. The lowest BCUT2D eigenvalue weighted by molar-refractivity contribution is -0.158. The molecule has 0 aromatic rings. The molecule has 0 amide bonds. The minimum Gasteiger partial charge on any atom is -0.466 e. The third-order valence-corrected chi connectivity index (χ3v) is 5.66. The summed E-state index contributed by atoms with van der Waals surface area (Å²) in [6.45, 7) is 7.43. The van der Waals surface area contributed by atoms with E-state index in [1.54, 1.807) is 13.0 Å². The Labute approximate surface area is 165 Å². The summed E-state index contributed by atoms with van der Waals surface area (Å²) in [7, 11) is 1.29. The number of methoxy groups -OCH3 is 1. The van der Waals surface area contributed by atoms with Gasteiger partial charge in [-0.1, -0.05) is 26.5 Å². The van der Waals surface area contributed by atoms with Crippen molar-refractivity contribution in [2.45, 2.75) is 58.2 Å². The molecule has 0 spiro atoms. The predicted octanol–water partition coefficient (Wildman–Crippen LogP) is 2.32. The molecule has 1 aliphatic heterocycles. The maximum atomic E-state index is 12.5. The van der Waals surface area contributed by atoms with Crippen molar-refractivity contribution in [3.63, 3.8) is 0 Å². The lowest BCUT2D eigenvalue weighted by Crippen LogP contribution is -2.37. The zero-order valence-electron chi connectivity index (χ0n) is 16.8. The van der Waals surface area contributed by atoms with Crippen LogP contribution in [0.15, 0.2) is 23.8 Å². The Bertz CT molecular complexity index is 651. The lowest BCUT2D eigenvalue weighted by atomic mass is 9.81. The molecule has 7 nitrogen and oxygen atoms in total. The molecule has 1 unspecified atom stereocenters. The highest BCUT2D eigenvalue weighted by Gasteiger charge is 2.46. The van der Waals surface area contributed by atoms with E-state index >= 15 is 0 Å². The standard InChI is InChI=1S/C21H30O7/c1-5-12(2)19(23)27-17-10-15(21(25)26-4)8-6-7-14(11-22)9-16-18(17)13(3)20(24)28-16/h8,12,14,16-18,22H,3,5-7,9-11H2,1-2,4H3/b15-8+/t12?,14-,16-,17-,18+/m1/s1. The Morgan fingerprint density at radius 2 is 2.14 bits per heavy atom. The van der Waals surface area contributed by atoms with Crippen LogP contribution in [-0.2, 0) is 28.6 Å². The molecular weight excluding hydrogens is 364 g/mol. The van der Waals surface area contributed by atoms with Crippen molar-refractivity contribution in [2.24, 2.45) is 17.8 Å². The first kappa shape index (κ1) is 22.1. The molecule has 0 radical (unpaired) electrons. The van der Waals surface area contributed by atoms with Crippen LogP contribution in [0.3, 0.4) is 0 Å². The van der Waals surface area contributed by atoms with Gasteiger partial charge in [0.2, 0.25) is 0 Å². The number of aliphatic hydroxyl groups excluding tert-OH is 1. The molecule has 1 N–H and O–H groups in total. The molecule has 0 aromatic carbocycles. The smallest absolute Gasteiger partial charge is 0.334 e. The van der Waals surface area contributed by atoms with Crippen molar-refractivity contribution in [2.75, 3.05) is 13.7 Å². The number of allylic oxidation sites excluding steroid dienone is 1. The normalized spacial score (nSPS) is 31.1. The van der Waals surface area contributed by atoms with Crippen molar-refractivity contribution in [1.82, 2.24) is 0 Å². The summed E-state index contributed by atoms with van der Waals surface area (Å²) in [5.74, 6) is -2.41. The van der Waals surface area contributed by atoms with Crippen LogP contribution in [0, 0.1) is 17.8 Å². The van der Waals surface area contributed by atoms with Crippen molar-refractivity contribution in [3.05, 3.63) is 23.8 Å². The third kappa shape index (κ3) is 5.01. The van der Waals surface area contributed by atoms with Gasteiger partial charge in [0.05, 0.1) is 18.9 Å². The zero-order chi connectivity index (χ0) is 20.8. The fourth-order valence-electron chi connectivity index (χ4n) is 3.68. The van der Waals surface area contributed by atoms with Gasteiger partial charge in [0, 0.05) is 24.2 Å². The van der Waals surface area contributed by atoms with Gasteiger partial charge in [-0.15, -0.1) is 0 Å². The van der Waals surface area contributed by atoms with Crippen molar-refractivity contribution in [1.29, 1.82) is 0 Å². The third-order valence-electron chi connectivity index (χ3n) is 5.66. The first-order chi connectivity index (χ1) is 13.3. The summed E-state index contributed by atoms with van der Waals surface area (Å²) >= 11 is 0. The van der Waals surface area contributed by atoms with Crippen molar-refractivity contribution < 1.29 is 33.7 Å². The average molecular weight is 394 g/mol. The van der Waals surface area contributed by atoms with E-state index in [0.29, 0.717) is 31.3 Å². The van der Waals surface area contributed by atoms with E-state index in [1.165, 1.54) is 7.11 Å². The van der Waals surface area contributed by atoms with Crippen molar-refractivity contribution >= 4 is 17.9 Å². The van der Waals surface area contributed by atoms with Gasteiger partial charge in [-0.05, 0) is 31.6 Å². The summed E-state index contributed by atoms with van der Waals surface area (Å²) in [5.41, 5.74) is 0.613. The summed E-state index contributed by atoms with van der Waals surface area (Å²) in [6.07, 6.45) is 2.83. The molecular formula is C21H30O7. The van der Waals surface area contributed by atoms with E-state index in [1.807, 2.05) is 6.92 Å². The second-order valence-corrected chi connectivity index (χ2v) is 7.57. The molecule has 2 rings (SSSR count). The Hall–Kier alpha value is -2.15. The molecule has 1 heterocycles. The molecule has 5 atom stereocenters. The quantitative estimate of drug-likeness (QED) is 0.434. The van der Waals surface area contributed by atoms with E-state index in [0.717, 1.165) is 0 Å². The van der Waals surface area contributed by atoms with Crippen LogP contribution < -0.4 is 0 Å². The topological polar surface area (TPSA) is 99.1 Å². The van der Waals surface area contributed by atoms with Crippen LogP contribution in [0.25, 0.3) is 0 Å². The van der Waals surface area contributed by atoms with Gasteiger partial charge in [-0.25, -0.2) is 9.59 Å². The largest absolute Gasteiger partial charge is 0.466 e. The van der Waals surface area contributed by atoms with E-state index in [-0.39, 0.29) is 30.4 Å². The summed E-state index contributed by atoms with van der Waals surface area (Å²) < 4.78 is 16.1. The predicted molar refractivity (Wildman–Crippen MR) is 101 cm³/mol. The number of aliphatic hydroxyl groups is 1. The Balaban J connectivity index is 2.42. The summed E-state index contributed by atoms with van der Waals surface area (Å²) in [6, 6.07) is 0. The number of carbonyl (C=O) groups excluding carboxylic acids is 3. The minimum absolute atomic E-state index is 0.0635. The van der Waals surface area contributed by atoms with Crippen molar-refractivity contribution in [3.8, 4) is 0 Å². The molecule has 1 saturated heterocycles. The minimum atomic E-state index is -0.770. The molecule has 2 aliphatic rings. The van der Waals surface area contributed by atoms with Crippen LogP contribution in [0.1, 0.15) is 46.0 Å². The lowest BCUT2D eigenvalue weighted by Gasteiger charge is -2.30. The highest BCUT2D eigenvalue weighted by molar-refractivity contribution is 5.91. The first-order valence-corrected chi connectivity index (χ1v) is 9.80. The van der Waals surface area contributed by atoms with Crippen LogP contribution in [0.5, 0.6) is 0 Å². The van der Waals surface area contributed by atoms with Gasteiger partial charge < -0.3 is 19.3 Å². The van der Waals surface area contributed by atoms with Crippen LogP contribution in [-0.4, -0.2) is 48.9 Å². The first-order valence-electron chi connectivity index (χ1n) is 9.80. The van der Waals surface area contributed by atoms with Gasteiger partial charge >= 0.3 is 17.9 Å². The number of carbonyl (C=O) groups is 3. The SMILES string of the molecule is C=C1C(=O)O[C@@H]2C[C@H](CO)CC/C=C(/C(=O)OC)C[C@@H](OC(=O)C(C)CC)[C@@H]12. The monoisotopic (exact) mass is 394 g/mol. The van der Waals surface area contributed by atoms with Crippen LogP contribution in [0.4, 0.5) is 0 Å².